The van der Waals surface area contributed by atoms with E-state index in [4.69, 9.17) is 0 Å². The Kier molecular flexibility index (Phi) is 6.26. The molecule has 0 atom stereocenters. The molecule has 0 saturated carbocycles. The van der Waals surface area contributed by atoms with Crippen LogP contribution < -0.4 is 16.0 Å². The number of nitrogens with zero attached hydrogens (tertiary/aromatic N) is 1. The molecule has 1 aliphatic carbocycles. The van der Waals surface area contributed by atoms with Crippen LogP contribution in [-0.4, -0.2) is 30.6 Å². The van der Waals surface area contributed by atoms with Crippen molar-refractivity contribution in [3.05, 3.63) is 48.0 Å². The topological polar surface area (TPSA) is 66.0 Å². The molecule has 1 aliphatic rings. The van der Waals surface area contributed by atoms with E-state index >= 15 is 0 Å². The summed E-state index contributed by atoms with van der Waals surface area (Å²) in [4.78, 5) is 16.3. The van der Waals surface area contributed by atoms with E-state index in [9.17, 15) is 4.79 Å². The number of rotatable bonds is 7. The molecule has 2 aromatic rings. The Hall–Kier alpha value is -2.56. The van der Waals surface area contributed by atoms with E-state index in [0.717, 1.165) is 23.1 Å². The Balaban J connectivity index is 1.32. The van der Waals surface area contributed by atoms with Gasteiger partial charge in [-0.3, -0.25) is 0 Å². The number of carbonyl (C=O) groups excluding carboxylic acids is 1. The van der Waals surface area contributed by atoms with Gasteiger partial charge in [0.05, 0.1) is 5.52 Å². The lowest BCUT2D eigenvalue weighted by molar-refractivity contribution is 0.241. The van der Waals surface area contributed by atoms with Gasteiger partial charge in [-0.05, 0) is 50.3 Å². The summed E-state index contributed by atoms with van der Waals surface area (Å²) in [5.74, 6) is 0.824. The molecular weight excluding hydrogens is 312 g/mol. The zero-order valence-corrected chi connectivity index (χ0v) is 14.6. The molecule has 0 saturated heterocycles. The average molecular weight is 338 g/mol. The molecule has 132 valence electrons. The number of anilines is 1. The van der Waals surface area contributed by atoms with Crippen LogP contribution in [0.1, 0.15) is 32.1 Å². The fourth-order valence-electron chi connectivity index (χ4n) is 3.06. The van der Waals surface area contributed by atoms with Crippen LogP contribution in [0.3, 0.4) is 0 Å². The molecule has 3 N–H and O–H groups in total. The lowest BCUT2D eigenvalue weighted by atomic mass is 9.97. The predicted octanol–water partition coefficient (Wildman–Crippen LogP) is 3.84. The van der Waals surface area contributed by atoms with E-state index in [-0.39, 0.29) is 6.03 Å². The Morgan fingerprint density at radius 2 is 1.88 bits per heavy atom. The third-order valence-corrected chi connectivity index (χ3v) is 4.43. The fraction of sp³-hybridized carbons (Fsp3) is 0.400. The number of nitrogens with one attached hydrogen (secondary N) is 3. The molecular formula is C20H26N4O. The maximum atomic E-state index is 11.8. The number of carbonyl (C=O) groups is 1. The van der Waals surface area contributed by atoms with Gasteiger partial charge in [0.1, 0.15) is 5.82 Å². The summed E-state index contributed by atoms with van der Waals surface area (Å²) in [6, 6.07) is 11.9. The van der Waals surface area contributed by atoms with Gasteiger partial charge in [-0.2, -0.15) is 0 Å². The molecule has 5 heteroatoms. The standard InChI is InChI=1S/C20H26N4O/c25-20(22-13-12-16-6-2-1-3-7-16)23-15-14-21-19-11-10-17-8-4-5-9-18(17)24-19/h4-6,8-11H,1-3,7,12-15H2,(H,21,24)(H2,22,23,25). The van der Waals surface area contributed by atoms with Crippen LogP contribution in [0.4, 0.5) is 10.6 Å². The van der Waals surface area contributed by atoms with Gasteiger partial charge in [0, 0.05) is 25.0 Å². The maximum Gasteiger partial charge on any atom is 0.314 e. The molecule has 3 rings (SSSR count). The molecule has 0 bridgehead atoms. The minimum atomic E-state index is -0.107. The van der Waals surface area contributed by atoms with Crippen LogP contribution in [0.5, 0.6) is 0 Å². The summed E-state index contributed by atoms with van der Waals surface area (Å²) >= 11 is 0. The summed E-state index contributed by atoms with van der Waals surface area (Å²) < 4.78 is 0. The van der Waals surface area contributed by atoms with Crippen LogP contribution in [0.25, 0.3) is 10.9 Å². The molecule has 0 aliphatic heterocycles. The summed E-state index contributed by atoms with van der Waals surface area (Å²) in [7, 11) is 0. The highest BCUT2D eigenvalue weighted by Crippen LogP contribution is 2.19. The van der Waals surface area contributed by atoms with Gasteiger partial charge < -0.3 is 16.0 Å². The van der Waals surface area contributed by atoms with Gasteiger partial charge in [-0.1, -0.05) is 29.8 Å². The first-order chi connectivity index (χ1) is 12.3. The molecule has 0 radical (unpaired) electrons. The molecule has 25 heavy (non-hydrogen) atoms. The Morgan fingerprint density at radius 3 is 2.76 bits per heavy atom. The first-order valence-corrected chi connectivity index (χ1v) is 9.10. The number of allylic oxidation sites excluding steroid dienone is 1. The number of hydrogen-bond donors (Lipinski definition) is 3. The van der Waals surface area contributed by atoms with Crippen molar-refractivity contribution >= 4 is 22.8 Å². The summed E-state index contributed by atoms with van der Waals surface area (Å²) in [6.45, 7) is 1.91. The fourth-order valence-corrected chi connectivity index (χ4v) is 3.06. The van der Waals surface area contributed by atoms with Crippen LogP contribution in [-0.2, 0) is 0 Å². The highest BCUT2D eigenvalue weighted by atomic mass is 16.2. The third kappa shape index (κ3) is 5.48. The number of amides is 2. The lowest BCUT2D eigenvalue weighted by Gasteiger charge is -2.13. The maximum absolute atomic E-state index is 11.8. The number of pyridine rings is 1. The van der Waals surface area contributed by atoms with E-state index < -0.39 is 0 Å². The number of fused-ring (bicyclic) bond motifs is 1. The lowest BCUT2D eigenvalue weighted by Crippen LogP contribution is -2.38. The van der Waals surface area contributed by atoms with Crippen molar-refractivity contribution in [3.63, 3.8) is 0 Å². The van der Waals surface area contributed by atoms with E-state index in [0.29, 0.717) is 19.6 Å². The Labute approximate surface area is 148 Å². The minimum absolute atomic E-state index is 0.107. The molecule has 5 nitrogen and oxygen atoms in total. The van der Waals surface area contributed by atoms with E-state index in [2.05, 4.69) is 27.0 Å². The van der Waals surface area contributed by atoms with E-state index in [1.165, 1.54) is 31.3 Å². The quantitative estimate of drug-likeness (QED) is 0.531. The first-order valence-electron chi connectivity index (χ1n) is 9.10. The first kappa shape index (κ1) is 17.3. The zero-order valence-electron chi connectivity index (χ0n) is 14.6. The van der Waals surface area contributed by atoms with Crippen molar-refractivity contribution in [2.45, 2.75) is 32.1 Å². The second-order valence-corrected chi connectivity index (χ2v) is 6.36. The number of urea groups is 1. The normalized spacial score (nSPS) is 14.0. The highest BCUT2D eigenvalue weighted by Gasteiger charge is 2.04. The van der Waals surface area contributed by atoms with Crippen molar-refractivity contribution in [2.24, 2.45) is 0 Å². The molecule has 1 aromatic heterocycles. The van der Waals surface area contributed by atoms with Crippen molar-refractivity contribution in [1.29, 1.82) is 0 Å². The SMILES string of the molecule is O=C(NCCNc1ccc2ccccc2n1)NCCC1=CCCCC1. The van der Waals surface area contributed by atoms with Gasteiger partial charge in [0.2, 0.25) is 0 Å². The number of aromatic nitrogens is 1. The Morgan fingerprint density at radius 1 is 1.00 bits per heavy atom. The predicted molar refractivity (Wildman–Crippen MR) is 103 cm³/mol. The number of para-hydroxylation sites is 1. The van der Waals surface area contributed by atoms with E-state index in [1.54, 1.807) is 0 Å². The van der Waals surface area contributed by atoms with Crippen molar-refractivity contribution < 1.29 is 4.79 Å². The largest absolute Gasteiger partial charge is 0.368 e. The monoisotopic (exact) mass is 338 g/mol. The van der Waals surface area contributed by atoms with Crippen molar-refractivity contribution in [2.75, 3.05) is 25.0 Å². The van der Waals surface area contributed by atoms with Crippen LogP contribution >= 0.6 is 0 Å². The molecule has 1 aromatic carbocycles. The molecule has 0 spiro atoms. The molecule has 0 unspecified atom stereocenters. The number of benzene rings is 1. The van der Waals surface area contributed by atoms with Crippen molar-refractivity contribution in [3.8, 4) is 0 Å². The van der Waals surface area contributed by atoms with Crippen LogP contribution in [0.15, 0.2) is 48.0 Å². The number of hydrogen-bond acceptors (Lipinski definition) is 3. The smallest absolute Gasteiger partial charge is 0.314 e. The van der Waals surface area contributed by atoms with Crippen LogP contribution in [0.2, 0.25) is 0 Å². The molecule has 1 heterocycles. The molecule has 2 amide bonds. The van der Waals surface area contributed by atoms with Gasteiger partial charge in [-0.25, -0.2) is 9.78 Å². The zero-order chi connectivity index (χ0) is 17.3. The second kappa shape index (κ2) is 9.06. The van der Waals surface area contributed by atoms with E-state index in [1.807, 2.05) is 36.4 Å². The van der Waals surface area contributed by atoms with Crippen molar-refractivity contribution in [1.82, 2.24) is 15.6 Å². The minimum Gasteiger partial charge on any atom is -0.368 e. The summed E-state index contributed by atoms with van der Waals surface area (Å²) in [5.41, 5.74) is 2.45. The van der Waals surface area contributed by atoms with Gasteiger partial charge in [0.15, 0.2) is 0 Å². The highest BCUT2D eigenvalue weighted by molar-refractivity contribution is 5.80. The average Bonchev–Trinajstić information content (AvgIpc) is 2.66. The van der Waals surface area contributed by atoms with Crippen LogP contribution in [0, 0.1) is 0 Å². The summed E-state index contributed by atoms with van der Waals surface area (Å²) in [5, 5.41) is 10.1. The van der Waals surface area contributed by atoms with Gasteiger partial charge in [0.25, 0.3) is 0 Å². The Bertz CT molecular complexity index is 741. The third-order valence-electron chi connectivity index (χ3n) is 4.43. The summed E-state index contributed by atoms with van der Waals surface area (Å²) in [6.07, 6.45) is 8.25. The van der Waals surface area contributed by atoms with Gasteiger partial charge in [-0.15, -0.1) is 0 Å². The molecule has 0 fully saturated rings. The second-order valence-electron chi connectivity index (χ2n) is 6.36. The van der Waals surface area contributed by atoms with Gasteiger partial charge >= 0.3 is 6.03 Å².